The second-order valence-corrected chi connectivity index (χ2v) is 8.59. The van der Waals surface area contributed by atoms with Gasteiger partial charge in [0.2, 0.25) is 23.5 Å². The van der Waals surface area contributed by atoms with Gasteiger partial charge in [-0.3, -0.25) is 29.4 Å². The van der Waals surface area contributed by atoms with Crippen LogP contribution in [-0.2, 0) is 24.0 Å². The second kappa shape index (κ2) is 8.63. The molecule has 4 amide bonds. The predicted octanol–water partition coefficient (Wildman–Crippen LogP) is 1.24. The van der Waals surface area contributed by atoms with Crippen LogP contribution in [0.3, 0.4) is 0 Å². The van der Waals surface area contributed by atoms with Gasteiger partial charge in [0, 0.05) is 18.8 Å². The van der Waals surface area contributed by atoms with Gasteiger partial charge in [-0.05, 0) is 24.7 Å². The molecule has 0 spiro atoms. The van der Waals surface area contributed by atoms with Crippen molar-refractivity contribution in [3.05, 3.63) is 0 Å². The first-order chi connectivity index (χ1) is 12.6. The van der Waals surface area contributed by atoms with E-state index in [1.807, 2.05) is 20.8 Å². The van der Waals surface area contributed by atoms with Crippen molar-refractivity contribution < 1.29 is 24.0 Å². The van der Waals surface area contributed by atoms with E-state index in [1.165, 1.54) is 0 Å². The Balaban J connectivity index is 2.06. The highest BCUT2D eigenvalue weighted by atomic mass is 16.2. The van der Waals surface area contributed by atoms with E-state index >= 15 is 0 Å². The fraction of sp³-hybridized carbons (Fsp3) is 0.737. The molecule has 1 saturated carbocycles. The highest BCUT2D eigenvalue weighted by molar-refractivity contribution is 6.38. The Labute approximate surface area is 159 Å². The van der Waals surface area contributed by atoms with E-state index in [-0.39, 0.29) is 36.5 Å². The number of nitrogens with zero attached hydrogens (tertiary/aromatic N) is 1. The Hall–Kier alpha value is -2.25. The third kappa shape index (κ3) is 5.87. The third-order valence-electron chi connectivity index (χ3n) is 4.91. The lowest BCUT2D eigenvalue weighted by molar-refractivity contribution is -0.151. The molecule has 1 aliphatic carbocycles. The van der Waals surface area contributed by atoms with Gasteiger partial charge in [0.15, 0.2) is 0 Å². The summed E-state index contributed by atoms with van der Waals surface area (Å²) in [6.45, 7) is 5.72. The van der Waals surface area contributed by atoms with Gasteiger partial charge < -0.3 is 5.32 Å². The first-order valence-electron chi connectivity index (χ1n) is 9.59. The molecular formula is C19H29N3O5. The average Bonchev–Trinajstić information content (AvgIpc) is 2.92. The zero-order valence-electron chi connectivity index (χ0n) is 16.3. The van der Waals surface area contributed by atoms with Crippen LogP contribution in [-0.4, -0.2) is 40.5 Å². The number of carbonyl (C=O) groups is 5. The second-order valence-electron chi connectivity index (χ2n) is 8.59. The maximum absolute atomic E-state index is 12.7. The van der Waals surface area contributed by atoms with Gasteiger partial charge in [-0.1, -0.05) is 40.0 Å². The molecule has 1 unspecified atom stereocenters. The van der Waals surface area contributed by atoms with Crippen molar-refractivity contribution >= 4 is 29.4 Å². The van der Waals surface area contributed by atoms with Crippen molar-refractivity contribution in [1.29, 1.82) is 0 Å². The SMILES string of the molecule is CC(C)(C)CC(NC(=O)C1CCCCC1)C(=O)C(=O)NN1C(=O)CCC1=O. The van der Waals surface area contributed by atoms with Crippen molar-refractivity contribution in [3.63, 3.8) is 0 Å². The van der Waals surface area contributed by atoms with Crippen molar-refractivity contribution in [1.82, 2.24) is 15.8 Å². The van der Waals surface area contributed by atoms with Crippen LogP contribution in [0.4, 0.5) is 0 Å². The number of hydrazine groups is 1. The monoisotopic (exact) mass is 379 g/mol. The van der Waals surface area contributed by atoms with Crippen LogP contribution in [0, 0.1) is 11.3 Å². The smallest absolute Gasteiger partial charge is 0.308 e. The van der Waals surface area contributed by atoms with E-state index in [0.717, 1.165) is 32.1 Å². The van der Waals surface area contributed by atoms with E-state index in [1.54, 1.807) is 0 Å². The molecule has 1 heterocycles. The highest BCUT2D eigenvalue weighted by Crippen LogP contribution is 2.25. The summed E-state index contributed by atoms with van der Waals surface area (Å²) in [5, 5.41) is 3.33. The van der Waals surface area contributed by atoms with E-state index in [9.17, 15) is 24.0 Å². The van der Waals surface area contributed by atoms with Gasteiger partial charge in [-0.15, -0.1) is 0 Å². The molecule has 1 atom stereocenters. The molecule has 0 radical (unpaired) electrons. The maximum Gasteiger partial charge on any atom is 0.308 e. The molecule has 0 aromatic carbocycles. The predicted molar refractivity (Wildman–Crippen MR) is 96.8 cm³/mol. The Morgan fingerprint density at radius 1 is 1.04 bits per heavy atom. The van der Waals surface area contributed by atoms with Gasteiger partial charge in [-0.25, -0.2) is 0 Å². The quantitative estimate of drug-likeness (QED) is 0.532. The topological polar surface area (TPSA) is 113 Å². The summed E-state index contributed by atoms with van der Waals surface area (Å²) in [4.78, 5) is 60.8. The minimum atomic E-state index is -1.06. The summed E-state index contributed by atoms with van der Waals surface area (Å²) < 4.78 is 0. The van der Waals surface area contributed by atoms with Crippen LogP contribution in [0.25, 0.3) is 0 Å². The zero-order valence-corrected chi connectivity index (χ0v) is 16.3. The Kier molecular flexibility index (Phi) is 6.73. The highest BCUT2D eigenvalue weighted by Gasteiger charge is 2.36. The molecule has 0 aromatic heterocycles. The van der Waals surface area contributed by atoms with E-state index < -0.39 is 29.5 Å². The van der Waals surface area contributed by atoms with Crippen LogP contribution in [0.1, 0.15) is 72.1 Å². The first-order valence-corrected chi connectivity index (χ1v) is 9.59. The molecule has 2 rings (SSSR count). The summed E-state index contributed by atoms with van der Waals surface area (Å²) in [5.41, 5.74) is 1.79. The van der Waals surface area contributed by atoms with Crippen molar-refractivity contribution in [2.75, 3.05) is 0 Å². The molecule has 0 aromatic rings. The molecule has 2 N–H and O–H groups in total. The number of amides is 4. The molecule has 2 aliphatic rings. The lowest BCUT2D eigenvalue weighted by atomic mass is 9.85. The Morgan fingerprint density at radius 2 is 1.59 bits per heavy atom. The van der Waals surface area contributed by atoms with Crippen LogP contribution in [0.5, 0.6) is 0 Å². The molecule has 150 valence electrons. The van der Waals surface area contributed by atoms with Crippen LogP contribution in [0.2, 0.25) is 0 Å². The van der Waals surface area contributed by atoms with Crippen molar-refractivity contribution in [2.24, 2.45) is 11.3 Å². The van der Waals surface area contributed by atoms with Gasteiger partial charge in [-0.2, -0.15) is 5.01 Å². The summed E-state index contributed by atoms with van der Waals surface area (Å²) in [5.74, 6) is -3.34. The van der Waals surface area contributed by atoms with E-state index in [0.29, 0.717) is 5.01 Å². The number of ketones is 1. The lowest BCUT2D eigenvalue weighted by Crippen LogP contribution is -2.54. The summed E-state index contributed by atoms with van der Waals surface area (Å²) in [6.07, 6.45) is 4.93. The summed E-state index contributed by atoms with van der Waals surface area (Å²) >= 11 is 0. The molecule has 2 fully saturated rings. The molecule has 8 heteroatoms. The van der Waals surface area contributed by atoms with E-state index in [2.05, 4.69) is 10.7 Å². The number of Topliss-reactive ketones (excluding diaryl/α,β-unsaturated/α-hetero) is 1. The summed E-state index contributed by atoms with van der Waals surface area (Å²) in [6, 6.07) is -0.993. The van der Waals surface area contributed by atoms with Gasteiger partial charge >= 0.3 is 5.91 Å². The van der Waals surface area contributed by atoms with Crippen LogP contribution >= 0.6 is 0 Å². The number of hydrogen-bond donors (Lipinski definition) is 2. The van der Waals surface area contributed by atoms with Gasteiger partial charge in [0.05, 0.1) is 6.04 Å². The first kappa shape index (κ1) is 21.1. The standard InChI is InChI=1S/C19H29N3O5/c1-19(2,3)11-13(20-17(26)12-7-5-4-6-8-12)16(25)18(27)21-22-14(23)9-10-15(22)24/h12-13H,4-11H2,1-3H3,(H,20,26)(H,21,27). The molecule has 8 nitrogen and oxygen atoms in total. The van der Waals surface area contributed by atoms with Crippen molar-refractivity contribution in [2.45, 2.75) is 78.2 Å². The molecule has 27 heavy (non-hydrogen) atoms. The summed E-state index contributed by atoms with van der Waals surface area (Å²) in [7, 11) is 0. The molecule has 0 bridgehead atoms. The maximum atomic E-state index is 12.7. The Morgan fingerprint density at radius 3 is 2.11 bits per heavy atom. The third-order valence-corrected chi connectivity index (χ3v) is 4.91. The normalized spacial score (nSPS) is 19.7. The van der Waals surface area contributed by atoms with E-state index in [4.69, 9.17) is 0 Å². The number of rotatable bonds is 6. The average molecular weight is 379 g/mol. The Bertz CT molecular complexity index is 616. The molecule has 1 saturated heterocycles. The molecule has 1 aliphatic heterocycles. The fourth-order valence-corrected chi connectivity index (χ4v) is 3.49. The number of carbonyl (C=O) groups excluding carboxylic acids is 5. The number of nitrogens with one attached hydrogen (secondary N) is 2. The number of hydrogen-bond acceptors (Lipinski definition) is 5. The minimum Gasteiger partial charge on any atom is -0.345 e. The van der Waals surface area contributed by atoms with Gasteiger partial charge in [0.1, 0.15) is 0 Å². The minimum absolute atomic E-state index is 0.0111. The van der Waals surface area contributed by atoms with Crippen molar-refractivity contribution in [3.8, 4) is 0 Å². The molecular weight excluding hydrogens is 350 g/mol. The largest absolute Gasteiger partial charge is 0.345 e. The van der Waals surface area contributed by atoms with Crippen LogP contribution < -0.4 is 10.7 Å². The van der Waals surface area contributed by atoms with Crippen LogP contribution in [0.15, 0.2) is 0 Å². The number of imide groups is 1. The zero-order chi connectivity index (χ0) is 20.2. The lowest BCUT2D eigenvalue weighted by Gasteiger charge is -2.28. The van der Waals surface area contributed by atoms with Gasteiger partial charge in [0.25, 0.3) is 0 Å². The fourth-order valence-electron chi connectivity index (χ4n) is 3.49.